The molecule has 0 fully saturated rings. The zero-order chi connectivity index (χ0) is 14.8. The number of hydrogen-bond acceptors (Lipinski definition) is 6. The summed E-state index contributed by atoms with van der Waals surface area (Å²) >= 11 is 0. The van der Waals surface area contributed by atoms with E-state index in [4.69, 9.17) is 14.2 Å². The Bertz CT molecular complexity index is 345. The molecule has 0 aromatic carbocycles. The van der Waals surface area contributed by atoms with Crippen LogP contribution in [-0.4, -0.2) is 37.2 Å². The smallest absolute Gasteiger partial charge is 0.333 e. The van der Waals surface area contributed by atoms with Gasteiger partial charge in [0, 0.05) is 5.57 Å². The van der Waals surface area contributed by atoms with E-state index >= 15 is 0 Å². The van der Waals surface area contributed by atoms with Crippen LogP contribution >= 0.6 is 0 Å². The van der Waals surface area contributed by atoms with Crippen molar-refractivity contribution in [3.8, 4) is 0 Å². The second-order valence-corrected chi connectivity index (χ2v) is 4.18. The van der Waals surface area contributed by atoms with Crippen molar-refractivity contribution in [2.24, 2.45) is 0 Å². The van der Waals surface area contributed by atoms with Gasteiger partial charge in [0.2, 0.25) is 0 Å². The van der Waals surface area contributed by atoms with E-state index in [0.717, 1.165) is 0 Å². The Kier molecular flexibility index (Phi) is 8.24. The highest BCUT2D eigenvalue weighted by Gasteiger charge is 2.10. The van der Waals surface area contributed by atoms with Gasteiger partial charge in [-0.3, -0.25) is 9.59 Å². The fraction of sp³-hybridized carbons (Fsp3) is 0.615. The zero-order valence-corrected chi connectivity index (χ0v) is 11.6. The van der Waals surface area contributed by atoms with Crippen molar-refractivity contribution in [1.29, 1.82) is 0 Å². The van der Waals surface area contributed by atoms with Crippen LogP contribution in [0.3, 0.4) is 0 Å². The lowest BCUT2D eigenvalue weighted by atomic mass is 10.3. The lowest BCUT2D eigenvalue weighted by Gasteiger charge is -2.08. The van der Waals surface area contributed by atoms with Crippen LogP contribution in [0.2, 0.25) is 0 Å². The van der Waals surface area contributed by atoms with Crippen LogP contribution in [0.25, 0.3) is 0 Å². The molecule has 0 amide bonds. The fourth-order valence-corrected chi connectivity index (χ4v) is 1.01. The minimum atomic E-state index is -0.535. The van der Waals surface area contributed by atoms with Crippen LogP contribution in [0, 0.1) is 0 Å². The molecular weight excluding hydrogens is 252 g/mol. The monoisotopic (exact) mass is 272 g/mol. The number of rotatable bonds is 8. The Balaban J connectivity index is 3.63. The maximum absolute atomic E-state index is 11.2. The molecule has 0 aromatic heterocycles. The first-order chi connectivity index (χ1) is 8.82. The molecule has 6 nitrogen and oxygen atoms in total. The Morgan fingerprint density at radius 2 is 1.53 bits per heavy atom. The van der Waals surface area contributed by atoms with Gasteiger partial charge in [0.15, 0.2) is 0 Å². The first-order valence-corrected chi connectivity index (χ1v) is 6.00. The average molecular weight is 272 g/mol. The second-order valence-electron chi connectivity index (χ2n) is 4.18. The predicted octanol–water partition coefficient (Wildman–Crippen LogP) is 1.38. The van der Waals surface area contributed by atoms with Crippen molar-refractivity contribution in [3.63, 3.8) is 0 Å². The number of ether oxygens (including phenoxy) is 3. The molecule has 0 rings (SSSR count). The molecule has 0 unspecified atom stereocenters. The largest absolute Gasteiger partial charge is 0.463 e. The SMILES string of the molecule is C=C(C)C(=O)OCCOC(=O)CCC(=O)OC(C)C. The van der Waals surface area contributed by atoms with Crippen molar-refractivity contribution in [1.82, 2.24) is 0 Å². The maximum Gasteiger partial charge on any atom is 0.333 e. The van der Waals surface area contributed by atoms with E-state index in [-0.39, 0.29) is 37.7 Å². The zero-order valence-electron chi connectivity index (χ0n) is 11.6. The highest BCUT2D eigenvalue weighted by atomic mass is 16.6. The highest BCUT2D eigenvalue weighted by molar-refractivity contribution is 5.86. The lowest BCUT2D eigenvalue weighted by Crippen LogP contribution is -2.16. The summed E-state index contributed by atoms with van der Waals surface area (Å²) in [6.07, 6.45) is -0.284. The van der Waals surface area contributed by atoms with Gasteiger partial charge in [-0.25, -0.2) is 4.79 Å². The Morgan fingerprint density at radius 3 is 2.05 bits per heavy atom. The van der Waals surface area contributed by atoms with Gasteiger partial charge in [0.1, 0.15) is 13.2 Å². The van der Waals surface area contributed by atoms with Gasteiger partial charge < -0.3 is 14.2 Å². The Hall–Kier alpha value is -1.85. The van der Waals surface area contributed by atoms with Crippen LogP contribution in [0.4, 0.5) is 0 Å². The van der Waals surface area contributed by atoms with Gasteiger partial charge in [0.25, 0.3) is 0 Å². The number of esters is 3. The average Bonchev–Trinajstić information content (AvgIpc) is 2.30. The van der Waals surface area contributed by atoms with Crippen LogP contribution in [-0.2, 0) is 28.6 Å². The summed E-state index contributed by atoms with van der Waals surface area (Å²) in [5.41, 5.74) is 0.280. The minimum Gasteiger partial charge on any atom is -0.463 e. The minimum absolute atomic E-state index is 0.0252. The van der Waals surface area contributed by atoms with E-state index in [9.17, 15) is 14.4 Å². The summed E-state index contributed by atoms with van der Waals surface area (Å²) in [4.78, 5) is 33.3. The molecule has 0 bridgehead atoms. The summed E-state index contributed by atoms with van der Waals surface area (Å²) < 4.78 is 14.4. The maximum atomic E-state index is 11.2. The highest BCUT2D eigenvalue weighted by Crippen LogP contribution is 1.99. The molecule has 0 aliphatic rings. The Morgan fingerprint density at radius 1 is 1.00 bits per heavy atom. The van der Waals surface area contributed by atoms with Crippen LogP contribution in [0.1, 0.15) is 33.6 Å². The molecule has 0 N–H and O–H groups in total. The van der Waals surface area contributed by atoms with Crippen molar-refractivity contribution in [3.05, 3.63) is 12.2 Å². The van der Waals surface area contributed by atoms with Crippen LogP contribution in [0.5, 0.6) is 0 Å². The van der Waals surface area contributed by atoms with Crippen molar-refractivity contribution in [2.45, 2.75) is 39.7 Å². The molecule has 0 aliphatic carbocycles. The molecule has 0 saturated carbocycles. The van der Waals surface area contributed by atoms with E-state index in [0.29, 0.717) is 0 Å². The van der Waals surface area contributed by atoms with Crippen LogP contribution < -0.4 is 0 Å². The Labute approximate surface area is 112 Å². The number of carbonyl (C=O) groups excluding carboxylic acids is 3. The molecule has 0 heterocycles. The molecule has 0 atom stereocenters. The number of hydrogen-bond donors (Lipinski definition) is 0. The molecule has 0 aliphatic heterocycles. The predicted molar refractivity (Wildman–Crippen MR) is 67.2 cm³/mol. The van der Waals surface area contributed by atoms with Gasteiger partial charge in [-0.05, 0) is 20.8 Å². The van der Waals surface area contributed by atoms with Crippen molar-refractivity contribution < 1.29 is 28.6 Å². The van der Waals surface area contributed by atoms with Crippen LogP contribution in [0.15, 0.2) is 12.2 Å². The van der Waals surface area contributed by atoms with E-state index in [1.54, 1.807) is 13.8 Å². The van der Waals surface area contributed by atoms with Gasteiger partial charge >= 0.3 is 17.9 Å². The molecule has 0 spiro atoms. The summed E-state index contributed by atoms with van der Waals surface area (Å²) in [7, 11) is 0. The third kappa shape index (κ3) is 9.82. The fourth-order valence-electron chi connectivity index (χ4n) is 1.01. The molecule has 6 heteroatoms. The third-order valence-corrected chi connectivity index (χ3v) is 1.83. The molecule has 19 heavy (non-hydrogen) atoms. The summed E-state index contributed by atoms with van der Waals surface area (Å²) in [5, 5.41) is 0. The third-order valence-electron chi connectivity index (χ3n) is 1.83. The molecular formula is C13H20O6. The summed E-state index contributed by atoms with van der Waals surface area (Å²) in [6, 6.07) is 0. The number of carbonyl (C=O) groups is 3. The molecule has 108 valence electrons. The first kappa shape index (κ1) is 17.2. The molecule has 0 radical (unpaired) electrons. The summed E-state index contributed by atoms with van der Waals surface area (Å²) in [5.74, 6) is -1.51. The quantitative estimate of drug-likeness (QED) is 0.287. The van der Waals surface area contributed by atoms with E-state index in [2.05, 4.69) is 6.58 Å². The second kappa shape index (κ2) is 9.13. The van der Waals surface area contributed by atoms with Crippen molar-refractivity contribution in [2.75, 3.05) is 13.2 Å². The van der Waals surface area contributed by atoms with Gasteiger partial charge in [-0.15, -0.1) is 0 Å². The van der Waals surface area contributed by atoms with Gasteiger partial charge in [0.05, 0.1) is 18.9 Å². The van der Waals surface area contributed by atoms with E-state index < -0.39 is 17.9 Å². The standard InChI is InChI=1S/C13H20O6/c1-9(2)13(16)18-8-7-17-11(14)5-6-12(15)19-10(3)4/h10H,1,5-8H2,2-4H3. The van der Waals surface area contributed by atoms with Gasteiger partial charge in [-0.1, -0.05) is 6.58 Å². The normalized spacial score (nSPS) is 9.89. The van der Waals surface area contributed by atoms with E-state index in [1.807, 2.05) is 0 Å². The van der Waals surface area contributed by atoms with E-state index in [1.165, 1.54) is 6.92 Å². The molecule has 0 saturated heterocycles. The summed E-state index contributed by atoms with van der Waals surface area (Å²) in [6.45, 7) is 8.31. The first-order valence-electron chi connectivity index (χ1n) is 6.00. The van der Waals surface area contributed by atoms with Gasteiger partial charge in [-0.2, -0.15) is 0 Å². The topological polar surface area (TPSA) is 78.9 Å². The van der Waals surface area contributed by atoms with Crippen molar-refractivity contribution >= 4 is 17.9 Å². The lowest BCUT2D eigenvalue weighted by molar-refractivity contribution is -0.154. The molecule has 0 aromatic rings.